The normalized spacial score (nSPS) is 11.9. The van der Waals surface area contributed by atoms with E-state index in [-0.39, 0.29) is 5.54 Å². The molecule has 0 fully saturated rings. The Kier molecular flexibility index (Phi) is 1.95. The summed E-state index contributed by atoms with van der Waals surface area (Å²) in [5, 5.41) is 3.34. The van der Waals surface area contributed by atoms with Gasteiger partial charge in [0, 0.05) is 11.7 Å². The Bertz CT molecular complexity index is 437. The molecule has 14 heavy (non-hydrogen) atoms. The molecule has 0 radical (unpaired) electrons. The number of rotatable bonds is 1. The van der Waals surface area contributed by atoms with E-state index in [0.29, 0.717) is 0 Å². The van der Waals surface area contributed by atoms with Crippen LogP contribution in [-0.4, -0.2) is 15.5 Å². The van der Waals surface area contributed by atoms with Crippen molar-refractivity contribution in [2.75, 3.05) is 5.32 Å². The van der Waals surface area contributed by atoms with Gasteiger partial charge >= 0.3 is 0 Å². The summed E-state index contributed by atoms with van der Waals surface area (Å²) in [6.45, 7) is 6.36. The van der Waals surface area contributed by atoms with Crippen LogP contribution in [-0.2, 0) is 0 Å². The third-order valence-corrected chi connectivity index (χ3v) is 1.91. The molecule has 2 aromatic rings. The van der Waals surface area contributed by atoms with Gasteiger partial charge in [-0.15, -0.1) is 0 Å². The van der Waals surface area contributed by atoms with Gasteiger partial charge in [0.2, 0.25) is 0 Å². The van der Waals surface area contributed by atoms with Crippen molar-refractivity contribution in [3.63, 3.8) is 0 Å². The number of H-pyrrole nitrogens is 1. The molecule has 0 aliphatic heterocycles. The second-order valence-corrected chi connectivity index (χ2v) is 4.48. The van der Waals surface area contributed by atoms with Gasteiger partial charge in [0.15, 0.2) is 0 Å². The van der Waals surface area contributed by atoms with Crippen LogP contribution in [0.15, 0.2) is 24.4 Å². The third kappa shape index (κ3) is 1.87. The maximum atomic E-state index is 4.48. The first-order chi connectivity index (χ1) is 6.54. The minimum Gasteiger partial charge on any atom is -0.365 e. The summed E-state index contributed by atoms with van der Waals surface area (Å²) in [6, 6.07) is 6.00. The van der Waals surface area contributed by atoms with Crippen molar-refractivity contribution in [1.29, 1.82) is 0 Å². The standard InChI is InChI=1S/C11H15N3/c1-11(2,3)14-10-5-4-8-9(13-10)6-7-12-8/h4-7,12H,1-3H3,(H,13,14). The minimum atomic E-state index is 0.0526. The van der Waals surface area contributed by atoms with Crippen molar-refractivity contribution in [2.45, 2.75) is 26.3 Å². The Morgan fingerprint density at radius 3 is 2.71 bits per heavy atom. The summed E-state index contributed by atoms with van der Waals surface area (Å²) in [6.07, 6.45) is 1.90. The van der Waals surface area contributed by atoms with E-state index in [2.05, 4.69) is 36.1 Å². The molecule has 0 aliphatic carbocycles. The molecule has 3 heteroatoms. The van der Waals surface area contributed by atoms with Crippen LogP contribution in [0, 0.1) is 0 Å². The number of hydrogen-bond acceptors (Lipinski definition) is 2. The van der Waals surface area contributed by atoms with Gasteiger partial charge in [0.25, 0.3) is 0 Å². The topological polar surface area (TPSA) is 40.7 Å². The highest BCUT2D eigenvalue weighted by atomic mass is 15.0. The molecule has 3 nitrogen and oxygen atoms in total. The van der Waals surface area contributed by atoms with Crippen molar-refractivity contribution in [3.05, 3.63) is 24.4 Å². The zero-order valence-corrected chi connectivity index (χ0v) is 8.76. The fourth-order valence-electron chi connectivity index (χ4n) is 1.39. The molecule has 0 unspecified atom stereocenters. The average molecular weight is 189 g/mol. The monoisotopic (exact) mass is 189 g/mol. The van der Waals surface area contributed by atoms with E-state index < -0.39 is 0 Å². The van der Waals surface area contributed by atoms with Crippen LogP contribution in [0.4, 0.5) is 5.82 Å². The van der Waals surface area contributed by atoms with Gasteiger partial charge in [-0.1, -0.05) is 0 Å². The molecule has 74 valence electrons. The molecule has 2 N–H and O–H groups in total. The molecular formula is C11H15N3. The molecule has 0 aromatic carbocycles. The molecule has 2 aromatic heterocycles. The summed E-state index contributed by atoms with van der Waals surface area (Å²) in [7, 11) is 0. The van der Waals surface area contributed by atoms with Gasteiger partial charge in [-0.05, 0) is 39.0 Å². The highest BCUT2D eigenvalue weighted by Crippen LogP contribution is 2.16. The predicted molar refractivity (Wildman–Crippen MR) is 59.5 cm³/mol. The van der Waals surface area contributed by atoms with E-state index >= 15 is 0 Å². The summed E-state index contributed by atoms with van der Waals surface area (Å²) in [4.78, 5) is 7.60. The van der Waals surface area contributed by atoms with Crippen molar-refractivity contribution >= 4 is 16.9 Å². The number of hydrogen-bond donors (Lipinski definition) is 2. The van der Waals surface area contributed by atoms with E-state index in [0.717, 1.165) is 16.9 Å². The van der Waals surface area contributed by atoms with Crippen molar-refractivity contribution < 1.29 is 0 Å². The zero-order valence-electron chi connectivity index (χ0n) is 8.76. The summed E-state index contributed by atoms with van der Waals surface area (Å²) < 4.78 is 0. The van der Waals surface area contributed by atoms with Crippen molar-refractivity contribution in [2.24, 2.45) is 0 Å². The SMILES string of the molecule is CC(C)(C)Nc1ccc2[nH]ccc2n1. The lowest BCUT2D eigenvalue weighted by Crippen LogP contribution is -2.26. The van der Waals surface area contributed by atoms with Gasteiger partial charge in [-0.25, -0.2) is 4.98 Å². The second kappa shape index (κ2) is 3.01. The maximum absolute atomic E-state index is 4.48. The number of nitrogens with zero attached hydrogens (tertiary/aromatic N) is 1. The maximum Gasteiger partial charge on any atom is 0.127 e. The molecule has 0 saturated carbocycles. The Morgan fingerprint density at radius 1 is 1.21 bits per heavy atom. The third-order valence-electron chi connectivity index (χ3n) is 1.91. The van der Waals surface area contributed by atoms with Gasteiger partial charge in [0.1, 0.15) is 5.82 Å². The lowest BCUT2D eigenvalue weighted by molar-refractivity contribution is 0.631. The predicted octanol–water partition coefficient (Wildman–Crippen LogP) is 2.77. The smallest absolute Gasteiger partial charge is 0.127 e. The van der Waals surface area contributed by atoms with Crippen molar-refractivity contribution in [3.8, 4) is 0 Å². The van der Waals surface area contributed by atoms with E-state index in [1.165, 1.54) is 0 Å². The number of aromatic nitrogens is 2. The van der Waals surface area contributed by atoms with Crippen LogP contribution in [0.1, 0.15) is 20.8 Å². The molecule has 2 rings (SSSR count). The largest absolute Gasteiger partial charge is 0.365 e. The molecular weight excluding hydrogens is 174 g/mol. The molecule has 0 spiro atoms. The first-order valence-corrected chi connectivity index (χ1v) is 4.77. The first kappa shape index (κ1) is 9.06. The van der Waals surface area contributed by atoms with E-state index in [1.54, 1.807) is 0 Å². The second-order valence-electron chi connectivity index (χ2n) is 4.48. The summed E-state index contributed by atoms with van der Waals surface area (Å²) in [5.74, 6) is 0.921. The van der Waals surface area contributed by atoms with Crippen molar-refractivity contribution in [1.82, 2.24) is 9.97 Å². The van der Waals surface area contributed by atoms with E-state index in [4.69, 9.17) is 0 Å². The van der Waals surface area contributed by atoms with Crippen LogP contribution in [0.25, 0.3) is 11.0 Å². The highest BCUT2D eigenvalue weighted by molar-refractivity contribution is 5.76. The molecule has 0 saturated heterocycles. The highest BCUT2D eigenvalue weighted by Gasteiger charge is 2.10. The number of pyridine rings is 1. The summed E-state index contributed by atoms with van der Waals surface area (Å²) >= 11 is 0. The van der Waals surface area contributed by atoms with Gasteiger partial charge < -0.3 is 10.3 Å². The van der Waals surface area contributed by atoms with Crippen LogP contribution in [0.2, 0.25) is 0 Å². The first-order valence-electron chi connectivity index (χ1n) is 4.77. The quantitative estimate of drug-likeness (QED) is 0.724. The number of fused-ring (bicyclic) bond motifs is 1. The van der Waals surface area contributed by atoms with Crippen LogP contribution < -0.4 is 5.32 Å². The van der Waals surface area contributed by atoms with Gasteiger partial charge in [-0.3, -0.25) is 0 Å². The van der Waals surface area contributed by atoms with Gasteiger partial charge in [0.05, 0.1) is 11.0 Å². The Labute approximate surface area is 83.6 Å². The Balaban J connectivity index is 2.35. The lowest BCUT2D eigenvalue weighted by atomic mass is 10.1. The zero-order chi connectivity index (χ0) is 10.2. The van der Waals surface area contributed by atoms with Crippen LogP contribution >= 0.6 is 0 Å². The number of anilines is 1. The molecule has 0 aliphatic rings. The molecule has 2 heterocycles. The van der Waals surface area contributed by atoms with Gasteiger partial charge in [-0.2, -0.15) is 0 Å². The van der Waals surface area contributed by atoms with E-state index in [9.17, 15) is 0 Å². The van der Waals surface area contributed by atoms with Crippen LogP contribution in [0.5, 0.6) is 0 Å². The lowest BCUT2D eigenvalue weighted by Gasteiger charge is -2.21. The average Bonchev–Trinajstić information content (AvgIpc) is 2.47. The fourth-order valence-corrected chi connectivity index (χ4v) is 1.39. The minimum absolute atomic E-state index is 0.0526. The molecule has 0 atom stereocenters. The fraction of sp³-hybridized carbons (Fsp3) is 0.364. The summed E-state index contributed by atoms with van der Waals surface area (Å²) in [5.41, 5.74) is 2.13. The number of aromatic amines is 1. The Hall–Kier alpha value is -1.51. The number of nitrogens with one attached hydrogen (secondary N) is 2. The van der Waals surface area contributed by atoms with Crippen LogP contribution in [0.3, 0.4) is 0 Å². The van der Waals surface area contributed by atoms with E-state index in [1.807, 2.05) is 24.4 Å². The molecule has 0 amide bonds. The Morgan fingerprint density at radius 2 is 2.00 bits per heavy atom. The molecule has 0 bridgehead atoms.